The number of furan rings is 1. The van der Waals surface area contributed by atoms with Crippen molar-refractivity contribution >= 4 is 23.1 Å². The maximum Gasteiger partial charge on any atom is 0.288 e. The molecule has 0 saturated carbocycles. The molecule has 1 aromatic heterocycles. The molecule has 3 aromatic rings. The van der Waals surface area contributed by atoms with Crippen molar-refractivity contribution in [3.8, 4) is 0 Å². The number of nitro groups is 1. The van der Waals surface area contributed by atoms with Crippen LogP contribution in [0.3, 0.4) is 0 Å². The monoisotopic (exact) mass is 365 g/mol. The SMILES string of the molecule is O=C(N[C@H](Nc1ccc([N+](=O)[O-])cc1)C(=O)c1ccccc1)c1ccco1. The molecule has 1 atom stereocenters. The van der Waals surface area contributed by atoms with E-state index in [0.29, 0.717) is 11.3 Å². The van der Waals surface area contributed by atoms with E-state index >= 15 is 0 Å². The van der Waals surface area contributed by atoms with Crippen LogP contribution in [0.5, 0.6) is 0 Å². The summed E-state index contributed by atoms with van der Waals surface area (Å²) in [5.74, 6) is -0.871. The first-order valence-corrected chi connectivity index (χ1v) is 7.99. The van der Waals surface area contributed by atoms with Crippen LogP contribution in [0.25, 0.3) is 0 Å². The molecular formula is C19H15N3O5. The Morgan fingerprint density at radius 1 is 0.963 bits per heavy atom. The van der Waals surface area contributed by atoms with Crippen LogP contribution >= 0.6 is 0 Å². The lowest BCUT2D eigenvalue weighted by Gasteiger charge is -2.20. The molecule has 0 aliphatic rings. The summed E-state index contributed by atoms with van der Waals surface area (Å²) < 4.78 is 5.05. The molecule has 0 spiro atoms. The molecule has 3 rings (SSSR count). The molecular weight excluding hydrogens is 350 g/mol. The first-order chi connectivity index (χ1) is 13.0. The smallest absolute Gasteiger partial charge is 0.288 e. The van der Waals surface area contributed by atoms with Crippen LogP contribution in [0, 0.1) is 10.1 Å². The molecule has 0 unspecified atom stereocenters. The summed E-state index contributed by atoms with van der Waals surface area (Å²) in [7, 11) is 0. The fraction of sp³-hybridized carbons (Fsp3) is 0.0526. The fourth-order valence-corrected chi connectivity index (χ4v) is 2.39. The van der Waals surface area contributed by atoms with Gasteiger partial charge in [-0.15, -0.1) is 0 Å². The molecule has 0 aliphatic heterocycles. The molecule has 1 heterocycles. The number of carbonyl (C=O) groups excluding carboxylic acids is 2. The number of hydrogen-bond acceptors (Lipinski definition) is 6. The summed E-state index contributed by atoms with van der Waals surface area (Å²) >= 11 is 0. The van der Waals surface area contributed by atoms with Gasteiger partial charge in [0.05, 0.1) is 11.2 Å². The Hall–Kier alpha value is -3.94. The van der Waals surface area contributed by atoms with E-state index < -0.39 is 17.0 Å². The zero-order chi connectivity index (χ0) is 19.2. The fourth-order valence-electron chi connectivity index (χ4n) is 2.39. The third-order valence-electron chi connectivity index (χ3n) is 3.73. The first-order valence-electron chi connectivity index (χ1n) is 7.99. The van der Waals surface area contributed by atoms with E-state index in [9.17, 15) is 19.7 Å². The standard InChI is InChI=1S/C19H15N3O5/c23-17(13-5-2-1-3-6-13)18(21-19(24)16-7-4-12-27-16)20-14-8-10-15(11-9-14)22(25)26/h1-12,18,20H,(H,21,24)/t18-/m0/s1. The zero-order valence-electron chi connectivity index (χ0n) is 14.0. The predicted octanol–water partition coefficient (Wildman–Crippen LogP) is 3.24. The van der Waals surface area contributed by atoms with Crippen LogP contribution in [0.2, 0.25) is 0 Å². The number of benzene rings is 2. The van der Waals surface area contributed by atoms with Crippen molar-refractivity contribution in [1.29, 1.82) is 0 Å². The average Bonchev–Trinajstić information content (AvgIpc) is 3.23. The Labute approximate surface area is 154 Å². The lowest BCUT2D eigenvalue weighted by molar-refractivity contribution is -0.384. The van der Waals surface area contributed by atoms with Gasteiger partial charge in [-0.25, -0.2) is 0 Å². The van der Waals surface area contributed by atoms with Gasteiger partial charge >= 0.3 is 0 Å². The minimum Gasteiger partial charge on any atom is -0.459 e. The van der Waals surface area contributed by atoms with Gasteiger partial charge in [0.2, 0.25) is 5.78 Å². The summed E-state index contributed by atoms with van der Waals surface area (Å²) in [5, 5.41) is 16.2. The van der Waals surface area contributed by atoms with E-state index in [-0.39, 0.29) is 17.2 Å². The molecule has 2 aromatic carbocycles. The Morgan fingerprint density at radius 3 is 2.26 bits per heavy atom. The molecule has 0 aliphatic carbocycles. The number of nitrogens with zero attached hydrogens (tertiary/aromatic N) is 1. The highest BCUT2D eigenvalue weighted by Crippen LogP contribution is 2.17. The highest BCUT2D eigenvalue weighted by molar-refractivity contribution is 6.04. The second-order valence-electron chi connectivity index (χ2n) is 5.56. The number of carbonyl (C=O) groups is 2. The number of Topliss-reactive ketones (excluding diaryl/α,β-unsaturated/α-hetero) is 1. The summed E-state index contributed by atoms with van der Waals surface area (Å²) in [5.41, 5.74) is 0.761. The molecule has 0 fully saturated rings. The lowest BCUT2D eigenvalue weighted by Crippen LogP contribution is -2.46. The Kier molecular flexibility index (Phi) is 5.27. The van der Waals surface area contributed by atoms with Crippen molar-refractivity contribution in [3.63, 3.8) is 0 Å². The third kappa shape index (κ3) is 4.37. The van der Waals surface area contributed by atoms with E-state index in [1.54, 1.807) is 36.4 Å². The number of ketones is 1. The second-order valence-corrected chi connectivity index (χ2v) is 5.56. The molecule has 8 nitrogen and oxygen atoms in total. The van der Waals surface area contributed by atoms with Gasteiger partial charge in [0.25, 0.3) is 11.6 Å². The van der Waals surface area contributed by atoms with Crippen LogP contribution in [-0.2, 0) is 0 Å². The van der Waals surface area contributed by atoms with Crippen LogP contribution in [0.1, 0.15) is 20.9 Å². The first kappa shape index (κ1) is 17.9. The molecule has 0 bridgehead atoms. The normalized spacial score (nSPS) is 11.4. The quantitative estimate of drug-likeness (QED) is 0.287. The Balaban J connectivity index is 1.83. The topological polar surface area (TPSA) is 114 Å². The summed E-state index contributed by atoms with van der Waals surface area (Å²) in [4.78, 5) is 35.4. The van der Waals surface area contributed by atoms with Crippen molar-refractivity contribution in [3.05, 3.63) is 94.4 Å². The number of anilines is 1. The average molecular weight is 365 g/mol. The van der Waals surface area contributed by atoms with Crippen molar-refractivity contribution in [2.24, 2.45) is 0 Å². The summed E-state index contributed by atoms with van der Waals surface area (Å²) in [6.07, 6.45) is 0.263. The molecule has 0 radical (unpaired) electrons. The van der Waals surface area contributed by atoms with Crippen LogP contribution in [0.15, 0.2) is 77.4 Å². The number of amides is 1. The highest BCUT2D eigenvalue weighted by Gasteiger charge is 2.24. The molecule has 8 heteroatoms. The van der Waals surface area contributed by atoms with Gasteiger partial charge in [-0.1, -0.05) is 30.3 Å². The van der Waals surface area contributed by atoms with Gasteiger partial charge < -0.3 is 15.1 Å². The lowest BCUT2D eigenvalue weighted by atomic mass is 10.1. The van der Waals surface area contributed by atoms with Crippen molar-refractivity contribution in [1.82, 2.24) is 5.32 Å². The van der Waals surface area contributed by atoms with Gasteiger partial charge in [-0.3, -0.25) is 19.7 Å². The van der Waals surface area contributed by atoms with E-state index in [4.69, 9.17) is 4.42 Å². The van der Waals surface area contributed by atoms with Crippen molar-refractivity contribution < 1.29 is 18.9 Å². The molecule has 136 valence electrons. The number of nitrogens with one attached hydrogen (secondary N) is 2. The Bertz CT molecular complexity index is 937. The predicted molar refractivity (Wildman–Crippen MR) is 97.5 cm³/mol. The van der Waals surface area contributed by atoms with E-state index in [0.717, 1.165) is 0 Å². The van der Waals surface area contributed by atoms with E-state index in [2.05, 4.69) is 10.6 Å². The number of non-ortho nitro benzene ring substituents is 1. The maximum atomic E-state index is 12.8. The molecule has 2 N–H and O–H groups in total. The molecule has 1 amide bonds. The largest absolute Gasteiger partial charge is 0.459 e. The Morgan fingerprint density at radius 2 is 1.67 bits per heavy atom. The maximum absolute atomic E-state index is 12.8. The highest BCUT2D eigenvalue weighted by atomic mass is 16.6. The van der Waals surface area contributed by atoms with Gasteiger partial charge in [-0.05, 0) is 24.3 Å². The van der Waals surface area contributed by atoms with E-state index in [1.807, 2.05) is 0 Å². The van der Waals surface area contributed by atoms with Gasteiger partial charge in [0.1, 0.15) is 0 Å². The molecule has 27 heavy (non-hydrogen) atoms. The van der Waals surface area contributed by atoms with Crippen LogP contribution in [0.4, 0.5) is 11.4 Å². The van der Waals surface area contributed by atoms with Crippen LogP contribution in [-0.4, -0.2) is 22.8 Å². The van der Waals surface area contributed by atoms with Crippen LogP contribution < -0.4 is 10.6 Å². The van der Waals surface area contributed by atoms with Crippen molar-refractivity contribution in [2.45, 2.75) is 6.17 Å². The third-order valence-corrected chi connectivity index (χ3v) is 3.73. The second kappa shape index (κ2) is 7.96. The zero-order valence-corrected chi connectivity index (χ0v) is 14.0. The van der Waals surface area contributed by atoms with Gasteiger partial charge in [0, 0.05) is 23.4 Å². The van der Waals surface area contributed by atoms with Gasteiger partial charge in [-0.2, -0.15) is 0 Å². The summed E-state index contributed by atoms with van der Waals surface area (Å²) in [6.45, 7) is 0. The van der Waals surface area contributed by atoms with E-state index in [1.165, 1.54) is 36.6 Å². The number of hydrogen-bond donors (Lipinski definition) is 2. The number of rotatable bonds is 7. The summed E-state index contributed by atoms with van der Waals surface area (Å²) in [6, 6.07) is 17.0. The van der Waals surface area contributed by atoms with Gasteiger partial charge in [0.15, 0.2) is 11.9 Å². The minimum atomic E-state index is -1.09. The van der Waals surface area contributed by atoms with Crippen molar-refractivity contribution in [2.75, 3.05) is 5.32 Å². The molecule has 0 saturated heterocycles. The number of nitro benzene ring substituents is 1. The minimum absolute atomic E-state index is 0.0614.